The number of aromatic nitrogens is 3. The van der Waals surface area contributed by atoms with Gasteiger partial charge >= 0.3 is 0 Å². The van der Waals surface area contributed by atoms with Gasteiger partial charge in [-0.25, -0.2) is 0 Å². The Bertz CT molecular complexity index is 775. The lowest BCUT2D eigenvalue weighted by molar-refractivity contribution is -0.130. The summed E-state index contributed by atoms with van der Waals surface area (Å²) in [6.45, 7) is 2.03. The molecule has 1 aliphatic heterocycles. The van der Waals surface area contributed by atoms with Crippen LogP contribution in [0.25, 0.3) is 0 Å². The maximum absolute atomic E-state index is 12.9. The summed E-state index contributed by atoms with van der Waals surface area (Å²) in [7, 11) is 3.51. The van der Waals surface area contributed by atoms with Crippen LogP contribution in [0.2, 0.25) is 5.02 Å². The van der Waals surface area contributed by atoms with E-state index in [0.717, 1.165) is 36.0 Å². The van der Waals surface area contributed by atoms with E-state index < -0.39 is 5.41 Å². The molecule has 2 heterocycles. The van der Waals surface area contributed by atoms with Crippen LogP contribution in [-0.4, -0.2) is 47.5 Å². The second-order valence-corrected chi connectivity index (χ2v) is 7.81. The first-order valence-electron chi connectivity index (χ1n) is 8.36. The van der Waals surface area contributed by atoms with Crippen LogP contribution < -0.4 is 10.6 Å². The minimum Gasteiger partial charge on any atom is -0.384 e. The van der Waals surface area contributed by atoms with E-state index in [9.17, 15) is 4.79 Å². The van der Waals surface area contributed by atoms with E-state index in [1.165, 1.54) is 11.8 Å². The highest BCUT2D eigenvalue weighted by Crippen LogP contribution is 2.35. The number of carbonyl (C=O) groups excluding carboxylic acids is 1. The predicted octanol–water partition coefficient (Wildman–Crippen LogP) is 3.00. The largest absolute Gasteiger partial charge is 0.384 e. The van der Waals surface area contributed by atoms with Crippen molar-refractivity contribution in [2.24, 2.45) is 12.5 Å². The zero-order chi connectivity index (χ0) is 18.6. The van der Waals surface area contributed by atoms with Crippen molar-refractivity contribution in [3.8, 4) is 0 Å². The summed E-state index contributed by atoms with van der Waals surface area (Å²) in [6, 6.07) is 5.49. The molecule has 0 spiro atoms. The molecule has 2 aromatic rings. The number of amides is 1. The van der Waals surface area contributed by atoms with Crippen molar-refractivity contribution in [2.45, 2.75) is 22.9 Å². The van der Waals surface area contributed by atoms with Crippen LogP contribution in [0, 0.1) is 5.41 Å². The molecule has 148 valence electrons. The van der Waals surface area contributed by atoms with Gasteiger partial charge in [0.2, 0.25) is 5.91 Å². The zero-order valence-corrected chi connectivity index (χ0v) is 17.6. The van der Waals surface area contributed by atoms with Crippen molar-refractivity contribution in [1.82, 2.24) is 20.1 Å². The van der Waals surface area contributed by atoms with Gasteiger partial charge in [0.15, 0.2) is 5.16 Å². The zero-order valence-electron chi connectivity index (χ0n) is 15.2. The van der Waals surface area contributed by atoms with Crippen LogP contribution in [0.5, 0.6) is 0 Å². The van der Waals surface area contributed by atoms with E-state index in [0.29, 0.717) is 17.3 Å². The molecule has 0 atom stereocenters. The quantitative estimate of drug-likeness (QED) is 0.731. The number of benzene rings is 1. The monoisotopic (exact) mass is 431 g/mol. The molecule has 3 rings (SSSR count). The number of nitrogens with zero attached hydrogens (tertiary/aromatic N) is 3. The van der Waals surface area contributed by atoms with Gasteiger partial charge in [0.05, 0.1) is 17.0 Å². The number of nitrogens with one attached hydrogen (secondary N) is 2. The Morgan fingerprint density at radius 3 is 2.78 bits per heavy atom. The Kier molecular flexibility index (Phi) is 7.93. The van der Waals surface area contributed by atoms with Crippen molar-refractivity contribution < 1.29 is 9.53 Å². The molecular weight excluding hydrogens is 409 g/mol. The highest BCUT2D eigenvalue weighted by Gasteiger charge is 2.39. The molecule has 0 unspecified atom stereocenters. The summed E-state index contributed by atoms with van der Waals surface area (Å²) >= 11 is 7.83. The first-order chi connectivity index (χ1) is 12.5. The summed E-state index contributed by atoms with van der Waals surface area (Å²) in [5.41, 5.74) is 0.176. The van der Waals surface area contributed by atoms with Crippen LogP contribution in [0.4, 0.5) is 5.69 Å². The van der Waals surface area contributed by atoms with Gasteiger partial charge in [-0.05, 0) is 55.9 Å². The SMILES string of the molecule is COCC1(C(=O)Nc2ccc(Sc3nncn3C)c(Cl)c2)CCNCC1.Cl. The Hall–Kier alpha value is -1.32. The number of halogens is 2. The molecule has 2 N–H and O–H groups in total. The standard InChI is InChI=1S/C17H22ClN5O2S.ClH/c1-23-11-20-22-16(23)26-14-4-3-12(9-13(14)18)21-15(24)17(10-25-2)5-7-19-8-6-17;/h3-4,9,11,19H,5-8,10H2,1-2H3,(H,21,24);1H. The second kappa shape index (κ2) is 9.75. The van der Waals surface area contributed by atoms with Crippen molar-refractivity contribution in [3.05, 3.63) is 29.5 Å². The molecule has 1 aromatic carbocycles. The van der Waals surface area contributed by atoms with Crippen LogP contribution >= 0.6 is 35.8 Å². The van der Waals surface area contributed by atoms with E-state index in [2.05, 4.69) is 20.8 Å². The molecule has 1 fully saturated rings. The summed E-state index contributed by atoms with van der Waals surface area (Å²) < 4.78 is 7.14. The number of carbonyl (C=O) groups is 1. The normalized spacial score (nSPS) is 15.8. The number of hydrogen-bond donors (Lipinski definition) is 2. The molecule has 7 nitrogen and oxygen atoms in total. The number of aryl methyl sites for hydroxylation is 1. The lowest BCUT2D eigenvalue weighted by Gasteiger charge is -2.35. The maximum Gasteiger partial charge on any atom is 0.233 e. The number of rotatable bonds is 6. The number of anilines is 1. The molecule has 1 aromatic heterocycles. The Labute approximate surface area is 174 Å². The summed E-state index contributed by atoms with van der Waals surface area (Å²) in [4.78, 5) is 13.7. The van der Waals surface area contributed by atoms with E-state index in [4.69, 9.17) is 16.3 Å². The third-order valence-electron chi connectivity index (χ3n) is 4.52. The van der Waals surface area contributed by atoms with Gasteiger partial charge in [-0.15, -0.1) is 22.6 Å². The van der Waals surface area contributed by atoms with E-state index in [1.807, 2.05) is 23.7 Å². The van der Waals surface area contributed by atoms with Crippen molar-refractivity contribution in [3.63, 3.8) is 0 Å². The third kappa shape index (κ3) is 5.14. The first kappa shape index (κ1) is 22.0. The summed E-state index contributed by atoms with van der Waals surface area (Å²) in [5, 5.41) is 15.5. The minimum absolute atomic E-state index is 0. The van der Waals surface area contributed by atoms with Gasteiger partial charge in [-0.2, -0.15) is 0 Å². The Balaban J connectivity index is 0.00000261. The average Bonchev–Trinajstić information content (AvgIpc) is 3.03. The Morgan fingerprint density at radius 2 is 2.19 bits per heavy atom. The lowest BCUT2D eigenvalue weighted by Crippen LogP contribution is -2.47. The topological polar surface area (TPSA) is 81.1 Å². The summed E-state index contributed by atoms with van der Waals surface area (Å²) in [5.74, 6) is -0.0226. The molecule has 0 bridgehead atoms. The molecule has 1 saturated heterocycles. The number of hydrogen-bond acceptors (Lipinski definition) is 6. The van der Waals surface area contributed by atoms with Gasteiger partial charge in [0.25, 0.3) is 0 Å². The van der Waals surface area contributed by atoms with E-state index in [-0.39, 0.29) is 18.3 Å². The highest BCUT2D eigenvalue weighted by atomic mass is 35.5. The van der Waals surface area contributed by atoms with Gasteiger partial charge < -0.3 is 19.9 Å². The number of piperidine rings is 1. The predicted molar refractivity (Wildman–Crippen MR) is 109 cm³/mol. The van der Waals surface area contributed by atoms with Gasteiger partial charge in [0.1, 0.15) is 6.33 Å². The third-order valence-corrected chi connectivity index (χ3v) is 6.08. The minimum atomic E-state index is -0.501. The molecular formula is C17H23Cl2N5O2S. The van der Waals surface area contributed by atoms with Crippen molar-refractivity contribution >= 4 is 47.4 Å². The highest BCUT2D eigenvalue weighted by molar-refractivity contribution is 7.99. The maximum atomic E-state index is 12.9. The molecule has 0 radical (unpaired) electrons. The van der Waals surface area contributed by atoms with Gasteiger partial charge in [-0.1, -0.05) is 11.6 Å². The molecule has 27 heavy (non-hydrogen) atoms. The van der Waals surface area contributed by atoms with Crippen LogP contribution in [0.1, 0.15) is 12.8 Å². The molecule has 0 aliphatic carbocycles. The van der Waals surface area contributed by atoms with Crippen molar-refractivity contribution in [2.75, 3.05) is 32.1 Å². The van der Waals surface area contributed by atoms with Gasteiger partial charge in [0, 0.05) is 24.7 Å². The first-order valence-corrected chi connectivity index (χ1v) is 9.56. The van der Waals surface area contributed by atoms with Gasteiger partial charge in [-0.3, -0.25) is 4.79 Å². The summed E-state index contributed by atoms with van der Waals surface area (Å²) in [6.07, 6.45) is 3.14. The number of methoxy groups -OCH3 is 1. The molecule has 1 amide bonds. The lowest BCUT2D eigenvalue weighted by atomic mass is 9.78. The Morgan fingerprint density at radius 1 is 1.44 bits per heavy atom. The fourth-order valence-corrected chi connectivity index (χ4v) is 4.07. The van der Waals surface area contributed by atoms with Crippen molar-refractivity contribution in [1.29, 1.82) is 0 Å². The number of ether oxygens (including phenoxy) is 1. The second-order valence-electron chi connectivity index (χ2n) is 6.39. The fraction of sp³-hybridized carbons (Fsp3) is 0.471. The van der Waals surface area contributed by atoms with Crippen LogP contribution in [-0.2, 0) is 16.6 Å². The van der Waals surface area contributed by atoms with Crippen LogP contribution in [0.15, 0.2) is 34.6 Å². The fourth-order valence-electron chi connectivity index (χ4n) is 3.01. The smallest absolute Gasteiger partial charge is 0.233 e. The molecule has 10 heteroatoms. The molecule has 0 saturated carbocycles. The molecule has 1 aliphatic rings. The van der Waals surface area contributed by atoms with E-state index >= 15 is 0 Å². The van der Waals surface area contributed by atoms with Crippen LogP contribution in [0.3, 0.4) is 0 Å². The average molecular weight is 432 g/mol. The van der Waals surface area contributed by atoms with E-state index in [1.54, 1.807) is 19.5 Å².